The molecule has 2 heterocycles. The number of benzene rings is 1. The third kappa shape index (κ3) is 8.45. The van der Waals surface area contributed by atoms with Crippen LogP contribution < -0.4 is 24.8 Å². The van der Waals surface area contributed by atoms with E-state index >= 15 is 0 Å². The number of guanidine groups is 1. The van der Waals surface area contributed by atoms with Gasteiger partial charge in [-0.05, 0) is 31.2 Å². The van der Waals surface area contributed by atoms with E-state index in [1.54, 1.807) is 13.1 Å². The molecule has 0 radical (unpaired) electrons. The molecule has 176 valence electrons. The Hall–Kier alpha value is -1.60. The van der Waals surface area contributed by atoms with Crippen LogP contribution in [0.2, 0.25) is 0 Å². The maximum absolute atomic E-state index is 12.7. The normalized spacial score (nSPS) is 16.2. The quantitative estimate of drug-likeness (QED) is 0.198. The lowest BCUT2D eigenvalue weighted by atomic mass is 10.0. The minimum atomic E-state index is -2.93. The van der Waals surface area contributed by atoms with Crippen LogP contribution in [0.25, 0.3) is 0 Å². The summed E-state index contributed by atoms with van der Waals surface area (Å²) in [5.41, 5.74) is 0.516. The van der Waals surface area contributed by atoms with E-state index < -0.39 is 6.61 Å². The van der Waals surface area contributed by atoms with Crippen molar-refractivity contribution in [3.05, 3.63) is 17.7 Å². The average molecular weight is 557 g/mol. The molecule has 0 aliphatic carbocycles. The van der Waals surface area contributed by atoms with Crippen LogP contribution in [0.4, 0.5) is 8.78 Å². The Morgan fingerprint density at radius 1 is 1.19 bits per heavy atom. The number of hydrogen-bond acceptors (Lipinski definition) is 6. The number of nitrogens with one attached hydrogen (secondary N) is 2. The van der Waals surface area contributed by atoms with E-state index in [2.05, 4.69) is 20.4 Å². The molecule has 1 aromatic rings. The summed E-state index contributed by atoms with van der Waals surface area (Å²) in [5.74, 6) is 2.07. The zero-order valence-corrected chi connectivity index (χ0v) is 19.9. The third-order valence-electron chi connectivity index (χ3n) is 4.89. The van der Waals surface area contributed by atoms with Gasteiger partial charge in [-0.15, -0.1) is 24.0 Å². The standard InChI is InChI=1S/C20H29F2N3O5.HI/c1-23-20(24-5-2-6-27-12-14-3-7-26-8-4-14)25-11-15-9-17-18(29-13-28-17)10-16(15)30-19(21)22;/h9-10,14,19H,2-8,11-13H2,1H3,(H2,23,24,25);1H. The van der Waals surface area contributed by atoms with Crippen molar-refractivity contribution in [3.8, 4) is 17.2 Å². The minimum Gasteiger partial charge on any atom is -0.454 e. The number of ether oxygens (including phenoxy) is 5. The highest BCUT2D eigenvalue weighted by Gasteiger charge is 2.20. The maximum atomic E-state index is 12.7. The first-order valence-electron chi connectivity index (χ1n) is 10.1. The summed E-state index contributed by atoms with van der Waals surface area (Å²) < 4.78 is 51.7. The van der Waals surface area contributed by atoms with Crippen LogP contribution in [-0.2, 0) is 16.0 Å². The molecule has 8 nitrogen and oxygen atoms in total. The van der Waals surface area contributed by atoms with E-state index in [-0.39, 0.29) is 43.1 Å². The average Bonchev–Trinajstić information content (AvgIpc) is 3.20. The van der Waals surface area contributed by atoms with Crippen molar-refractivity contribution in [3.63, 3.8) is 0 Å². The molecule has 2 N–H and O–H groups in total. The van der Waals surface area contributed by atoms with Crippen LogP contribution in [0, 0.1) is 5.92 Å². The van der Waals surface area contributed by atoms with Gasteiger partial charge in [0.05, 0.1) is 0 Å². The predicted molar refractivity (Wildman–Crippen MR) is 122 cm³/mol. The first kappa shape index (κ1) is 25.7. The second-order valence-corrected chi connectivity index (χ2v) is 7.03. The molecule has 0 spiro atoms. The molecule has 1 saturated heterocycles. The number of hydrogen-bond donors (Lipinski definition) is 2. The molecule has 0 atom stereocenters. The van der Waals surface area contributed by atoms with Gasteiger partial charge in [0.25, 0.3) is 0 Å². The van der Waals surface area contributed by atoms with Crippen LogP contribution in [-0.4, -0.2) is 59.4 Å². The van der Waals surface area contributed by atoms with Gasteiger partial charge < -0.3 is 34.3 Å². The van der Waals surface area contributed by atoms with E-state index in [1.165, 1.54) is 6.07 Å². The molecule has 2 aliphatic heterocycles. The third-order valence-corrected chi connectivity index (χ3v) is 4.89. The number of alkyl halides is 2. The topological polar surface area (TPSA) is 82.6 Å². The van der Waals surface area contributed by atoms with E-state index in [9.17, 15) is 8.78 Å². The number of fused-ring (bicyclic) bond motifs is 1. The van der Waals surface area contributed by atoms with Crippen molar-refractivity contribution < 1.29 is 32.5 Å². The highest BCUT2D eigenvalue weighted by Crippen LogP contribution is 2.38. The lowest BCUT2D eigenvalue weighted by Gasteiger charge is -2.21. The van der Waals surface area contributed by atoms with Crippen LogP contribution in [0.3, 0.4) is 0 Å². The predicted octanol–water partition coefficient (Wildman–Crippen LogP) is 3.13. The fourth-order valence-electron chi connectivity index (χ4n) is 3.25. The van der Waals surface area contributed by atoms with Crippen molar-refractivity contribution >= 4 is 29.9 Å². The summed E-state index contributed by atoms with van der Waals surface area (Å²) in [6.07, 6.45) is 2.95. The molecular formula is C20H30F2IN3O5. The molecular weight excluding hydrogens is 527 g/mol. The lowest BCUT2D eigenvalue weighted by Crippen LogP contribution is -2.37. The Morgan fingerprint density at radius 3 is 2.65 bits per heavy atom. The number of nitrogens with zero attached hydrogens (tertiary/aromatic N) is 1. The van der Waals surface area contributed by atoms with Gasteiger partial charge in [-0.3, -0.25) is 4.99 Å². The Balaban J connectivity index is 0.00000341. The summed E-state index contributed by atoms with van der Waals surface area (Å²) in [5, 5.41) is 6.28. The molecule has 0 amide bonds. The van der Waals surface area contributed by atoms with Gasteiger partial charge in [0.2, 0.25) is 6.79 Å². The zero-order valence-electron chi connectivity index (χ0n) is 17.5. The Morgan fingerprint density at radius 2 is 1.94 bits per heavy atom. The Labute approximate surface area is 198 Å². The largest absolute Gasteiger partial charge is 0.454 e. The molecule has 11 heteroatoms. The van der Waals surface area contributed by atoms with E-state index in [0.29, 0.717) is 42.1 Å². The summed E-state index contributed by atoms with van der Waals surface area (Å²) in [6.45, 7) is 1.12. The monoisotopic (exact) mass is 557 g/mol. The first-order chi connectivity index (χ1) is 14.7. The second kappa shape index (κ2) is 13.7. The van der Waals surface area contributed by atoms with Crippen molar-refractivity contribution in [2.75, 3.05) is 46.8 Å². The summed E-state index contributed by atoms with van der Waals surface area (Å²) >= 11 is 0. The maximum Gasteiger partial charge on any atom is 0.387 e. The Kier molecular flexibility index (Phi) is 11.4. The minimum absolute atomic E-state index is 0. The van der Waals surface area contributed by atoms with Gasteiger partial charge in [-0.2, -0.15) is 8.78 Å². The van der Waals surface area contributed by atoms with E-state index in [4.69, 9.17) is 18.9 Å². The molecule has 0 aromatic heterocycles. The summed E-state index contributed by atoms with van der Waals surface area (Å²) in [7, 11) is 1.65. The molecule has 0 unspecified atom stereocenters. The molecule has 1 fully saturated rings. The van der Waals surface area contributed by atoms with Gasteiger partial charge in [0.1, 0.15) is 5.75 Å². The highest BCUT2D eigenvalue weighted by atomic mass is 127. The second-order valence-electron chi connectivity index (χ2n) is 7.03. The number of rotatable bonds is 10. The van der Waals surface area contributed by atoms with E-state index in [0.717, 1.165) is 39.1 Å². The van der Waals surface area contributed by atoms with Gasteiger partial charge in [-0.25, -0.2) is 0 Å². The number of aliphatic imine (C=N–C) groups is 1. The SMILES string of the molecule is CN=C(NCCCOCC1CCOCC1)NCc1cc2c(cc1OC(F)F)OCO2.I. The summed E-state index contributed by atoms with van der Waals surface area (Å²) in [4.78, 5) is 4.15. The van der Waals surface area contributed by atoms with Crippen LogP contribution >= 0.6 is 24.0 Å². The molecule has 3 rings (SSSR count). The molecule has 0 bridgehead atoms. The lowest BCUT2D eigenvalue weighted by molar-refractivity contribution is -0.0505. The van der Waals surface area contributed by atoms with Crippen molar-refractivity contribution in [2.24, 2.45) is 10.9 Å². The van der Waals surface area contributed by atoms with Crippen molar-refractivity contribution in [1.82, 2.24) is 10.6 Å². The van der Waals surface area contributed by atoms with Crippen LogP contribution in [0.5, 0.6) is 17.2 Å². The van der Waals surface area contributed by atoms with Gasteiger partial charge in [0.15, 0.2) is 17.5 Å². The van der Waals surface area contributed by atoms with Gasteiger partial charge in [0, 0.05) is 58.2 Å². The molecule has 2 aliphatic rings. The molecule has 1 aromatic carbocycles. The fraction of sp³-hybridized carbons (Fsp3) is 0.650. The highest BCUT2D eigenvalue weighted by molar-refractivity contribution is 14.0. The van der Waals surface area contributed by atoms with Gasteiger partial charge >= 0.3 is 6.61 Å². The smallest absolute Gasteiger partial charge is 0.387 e. The Bertz CT molecular complexity index is 706. The molecule has 0 saturated carbocycles. The summed E-state index contributed by atoms with van der Waals surface area (Å²) in [6, 6.07) is 3.04. The van der Waals surface area contributed by atoms with Crippen LogP contribution in [0.15, 0.2) is 17.1 Å². The van der Waals surface area contributed by atoms with Crippen molar-refractivity contribution in [1.29, 1.82) is 0 Å². The van der Waals surface area contributed by atoms with Gasteiger partial charge in [-0.1, -0.05) is 0 Å². The number of halogens is 3. The first-order valence-corrected chi connectivity index (χ1v) is 10.1. The fourth-order valence-corrected chi connectivity index (χ4v) is 3.25. The van der Waals surface area contributed by atoms with Crippen molar-refractivity contribution in [2.45, 2.75) is 32.4 Å². The van der Waals surface area contributed by atoms with E-state index in [1.807, 2.05) is 0 Å². The molecule has 31 heavy (non-hydrogen) atoms. The van der Waals surface area contributed by atoms with Crippen LogP contribution in [0.1, 0.15) is 24.8 Å². The zero-order chi connectivity index (χ0) is 21.2.